The van der Waals surface area contributed by atoms with Crippen molar-refractivity contribution in [2.24, 2.45) is 5.73 Å². The smallest absolute Gasteiger partial charge is 0.305 e. The summed E-state index contributed by atoms with van der Waals surface area (Å²) in [5.41, 5.74) is 8.69. The lowest BCUT2D eigenvalue weighted by atomic mass is 10.0. The quantitative estimate of drug-likeness (QED) is 0.312. The molecule has 0 unspecified atom stereocenters. The number of rotatable bonds is 19. The molecule has 0 amide bonds. The molecule has 1 aromatic rings. The average Bonchev–Trinajstić information content (AvgIpc) is 3.51. The Hall–Kier alpha value is -1.73. The maximum absolute atomic E-state index is 10.3. The summed E-state index contributed by atoms with van der Waals surface area (Å²) in [4.78, 5) is 10.3. The highest BCUT2D eigenvalue weighted by molar-refractivity contribution is 5.66. The highest BCUT2D eigenvalue weighted by Gasteiger charge is 2.39. The van der Waals surface area contributed by atoms with Gasteiger partial charge in [-0.3, -0.25) is 4.79 Å². The van der Waals surface area contributed by atoms with Crippen molar-refractivity contribution in [3.63, 3.8) is 0 Å². The molecule has 2 rings (SSSR count). The van der Waals surface area contributed by atoms with E-state index in [-0.39, 0.29) is 18.6 Å². The molecular weight excluding hydrogens is 394 g/mol. The van der Waals surface area contributed by atoms with Crippen LogP contribution in [0.25, 0.3) is 6.08 Å². The van der Waals surface area contributed by atoms with E-state index in [1.807, 2.05) is 0 Å². The first-order valence-electron chi connectivity index (χ1n) is 11.6. The lowest BCUT2D eigenvalue weighted by Crippen LogP contribution is -2.18. The van der Waals surface area contributed by atoms with Crippen molar-refractivity contribution >= 4 is 12.0 Å². The van der Waals surface area contributed by atoms with Crippen molar-refractivity contribution < 1.29 is 24.1 Å². The second-order valence-corrected chi connectivity index (χ2v) is 8.22. The van der Waals surface area contributed by atoms with Gasteiger partial charge in [0.1, 0.15) is 0 Å². The van der Waals surface area contributed by atoms with Gasteiger partial charge < -0.3 is 25.1 Å². The van der Waals surface area contributed by atoms with E-state index in [2.05, 4.69) is 36.4 Å². The van der Waals surface area contributed by atoms with Gasteiger partial charge in [-0.1, -0.05) is 55.7 Å². The summed E-state index contributed by atoms with van der Waals surface area (Å²) in [5, 5.41) is 8.47. The van der Waals surface area contributed by atoms with Gasteiger partial charge >= 0.3 is 5.97 Å². The summed E-state index contributed by atoms with van der Waals surface area (Å²) in [6.45, 7) is 3.03. The van der Waals surface area contributed by atoms with Gasteiger partial charge in [-0.05, 0) is 43.2 Å². The number of unbranched alkanes of at least 4 members (excludes halogenated alkanes) is 5. The summed E-state index contributed by atoms with van der Waals surface area (Å²) in [6.07, 6.45) is 13.9. The molecule has 1 aliphatic carbocycles. The molecule has 6 nitrogen and oxygen atoms in total. The Morgan fingerprint density at radius 1 is 0.871 bits per heavy atom. The Morgan fingerprint density at radius 3 is 2.10 bits per heavy atom. The number of allylic oxidation sites excluding steroid dienone is 1. The molecule has 1 fully saturated rings. The monoisotopic (exact) mass is 433 g/mol. The molecule has 0 saturated heterocycles. The third-order valence-electron chi connectivity index (χ3n) is 5.45. The summed E-state index contributed by atoms with van der Waals surface area (Å²) in [7, 11) is 0. The number of nitrogens with two attached hydrogens (primary N) is 1. The number of carboxylic acid groups (broad SMARTS) is 1. The van der Waals surface area contributed by atoms with E-state index < -0.39 is 5.97 Å². The fourth-order valence-corrected chi connectivity index (χ4v) is 3.27. The van der Waals surface area contributed by atoms with E-state index in [4.69, 9.17) is 25.1 Å². The lowest BCUT2D eigenvalue weighted by Gasteiger charge is -2.08. The second kappa shape index (κ2) is 15.1. The fraction of sp³-hybridized carbons (Fsp3) is 0.640. The molecule has 0 aliphatic heterocycles. The predicted octanol–water partition coefficient (Wildman–Crippen LogP) is 4.51. The van der Waals surface area contributed by atoms with Gasteiger partial charge in [0.15, 0.2) is 0 Å². The van der Waals surface area contributed by atoms with Crippen LogP contribution in [0.1, 0.15) is 68.9 Å². The van der Waals surface area contributed by atoms with Gasteiger partial charge in [0.2, 0.25) is 0 Å². The van der Waals surface area contributed by atoms with Crippen LogP contribution in [0.2, 0.25) is 0 Å². The summed E-state index contributed by atoms with van der Waals surface area (Å²) >= 11 is 0. The van der Waals surface area contributed by atoms with Crippen LogP contribution in [0.4, 0.5) is 0 Å². The van der Waals surface area contributed by atoms with Crippen molar-refractivity contribution in [1.29, 1.82) is 0 Å². The van der Waals surface area contributed by atoms with Crippen LogP contribution < -0.4 is 5.73 Å². The van der Waals surface area contributed by atoms with Crippen LogP contribution in [0, 0.1) is 0 Å². The highest BCUT2D eigenvalue weighted by Crippen LogP contribution is 2.42. The molecule has 0 atom stereocenters. The molecule has 1 saturated carbocycles. The van der Waals surface area contributed by atoms with Crippen LogP contribution in [-0.4, -0.2) is 50.7 Å². The Labute approximate surface area is 186 Å². The Morgan fingerprint density at radius 2 is 1.45 bits per heavy atom. The van der Waals surface area contributed by atoms with Crippen molar-refractivity contribution in [2.45, 2.75) is 63.3 Å². The van der Waals surface area contributed by atoms with Crippen molar-refractivity contribution in [2.75, 3.05) is 39.6 Å². The average molecular weight is 434 g/mol. The molecule has 0 aromatic heterocycles. The number of ether oxygens (including phenoxy) is 3. The molecule has 6 heteroatoms. The van der Waals surface area contributed by atoms with E-state index in [1.54, 1.807) is 0 Å². The SMILES string of the molecule is NC1(c2ccc(/C=C/CCCCCCCOCCOCCOCCC(=O)O)cc2)CC1. The first-order valence-corrected chi connectivity index (χ1v) is 11.6. The van der Waals surface area contributed by atoms with E-state index in [9.17, 15) is 4.79 Å². The minimum absolute atomic E-state index is 0.0320. The van der Waals surface area contributed by atoms with Gasteiger partial charge in [-0.2, -0.15) is 0 Å². The minimum Gasteiger partial charge on any atom is -0.481 e. The summed E-state index contributed by atoms with van der Waals surface area (Å²) in [5.74, 6) is -0.845. The van der Waals surface area contributed by atoms with E-state index >= 15 is 0 Å². The molecule has 0 bridgehead atoms. The largest absolute Gasteiger partial charge is 0.481 e. The zero-order valence-corrected chi connectivity index (χ0v) is 18.7. The van der Waals surface area contributed by atoms with Gasteiger partial charge in [0.25, 0.3) is 0 Å². The first-order chi connectivity index (χ1) is 15.1. The number of carboxylic acids is 1. The first kappa shape index (κ1) is 25.5. The van der Waals surface area contributed by atoms with E-state index in [1.165, 1.54) is 36.8 Å². The Kier molecular flexibility index (Phi) is 12.5. The third kappa shape index (κ3) is 12.0. The van der Waals surface area contributed by atoms with Crippen LogP contribution in [0.5, 0.6) is 0 Å². The normalized spacial score (nSPS) is 14.9. The molecule has 0 heterocycles. The Bertz CT molecular complexity index is 640. The van der Waals surface area contributed by atoms with Gasteiger partial charge in [0.05, 0.1) is 39.5 Å². The van der Waals surface area contributed by atoms with E-state index in [0.29, 0.717) is 26.4 Å². The summed E-state index contributed by atoms with van der Waals surface area (Å²) in [6, 6.07) is 8.67. The molecule has 1 aliphatic rings. The van der Waals surface area contributed by atoms with Crippen LogP contribution in [0.3, 0.4) is 0 Å². The molecule has 174 valence electrons. The van der Waals surface area contributed by atoms with Gasteiger partial charge in [-0.15, -0.1) is 0 Å². The zero-order valence-electron chi connectivity index (χ0n) is 18.7. The highest BCUT2D eigenvalue weighted by atomic mass is 16.5. The molecule has 31 heavy (non-hydrogen) atoms. The minimum atomic E-state index is -0.845. The second-order valence-electron chi connectivity index (χ2n) is 8.22. The molecule has 3 N–H and O–H groups in total. The van der Waals surface area contributed by atoms with Crippen molar-refractivity contribution in [3.05, 3.63) is 41.5 Å². The van der Waals surface area contributed by atoms with Crippen molar-refractivity contribution in [1.82, 2.24) is 0 Å². The fourth-order valence-electron chi connectivity index (χ4n) is 3.27. The lowest BCUT2D eigenvalue weighted by molar-refractivity contribution is -0.138. The maximum atomic E-state index is 10.3. The predicted molar refractivity (Wildman–Crippen MR) is 123 cm³/mol. The van der Waals surface area contributed by atoms with Crippen molar-refractivity contribution in [3.8, 4) is 0 Å². The molecule has 1 aromatic carbocycles. The third-order valence-corrected chi connectivity index (χ3v) is 5.45. The number of hydrogen-bond acceptors (Lipinski definition) is 5. The van der Waals surface area contributed by atoms with Crippen LogP contribution >= 0.6 is 0 Å². The van der Waals surface area contributed by atoms with Crippen LogP contribution in [-0.2, 0) is 24.5 Å². The zero-order chi connectivity index (χ0) is 22.2. The number of carbonyl (C=O) groups is 1. The summed E-state index contributed by atoms with van der Waals surface area (Å²) < 4.78 is 16.1. The molecular formula is C25H39NO5. The number of hydrogen-bond donors (Lipinski definition) is 2. The topological polar surface area (TPSA) is 91.0 Å². The van der Waals surface area contributed by atoms with E-state index in [0.717, 1.165) is 32.3 Å². The molecule has 0 spiro atoms. The number of benzene rings is 1. The maximum Gasteiger partial charge on any atom is 0.305 e. The molecule has 0 radical (unpaired) electrons. The Balaban J connectivity index is 1.31. The van der Waals surface area contributed by atoms with Gasteiger partial charge in [-0.25, -0.2) is 0 Å². The number of aliphatic carboxylic acids is 1. The van der Waals surface area contributed by atoms with Gasteiger partial charge in [0, 0.05) is 12.1 Å². The van der Waals surface area contributed by atoms with Crippen LogP contribution in [0.15, 0.2) is 30.3 Å². The standard InChI is InChI=1S/C25H39NO5/c26-25(14-15-25)23-11-9-22(10-12-23)8-6-4-2-1-3-5-7-16-29-18-20-31-21-19-30-17-13-24(27)28/h6,8-12H,1-5,7,13-21,26H2,(H,27,28)/b8-6+.